The number of carbonyl (C=O) groups is 4. The lowest BCUT2D eigenvalue weighted by Crippen LogP contribution is -2.43. The first-order valence-electron chi connectivity index (χ1n) is 23.5. The molecule has 8 rings (SSSR count). The number of amides is 2. The summed E-state index contributed by atoms with van der Waals surface area (Å²) in [6, 6.07) is 33.5. The number of pyridine rings is 2. The van der Waals surface area contributed by atoms with Crippen molar-refractivity contribution in [2.45, 2.75) is 66.6 Å². The Labute approximate surface area is 418 Å². The molecule has 0 spiro atoms. The van der Waals surface area contributed by atoms with Crippen LogP contribution in [0.5, 0.6) is 11.5 Å². The van der Waals surface area contributed by atoms with E-state index in [1.54, 1.807) is 60.5 Å². The Bertz CT molecular complexity index is 2750. The van der Waals surface area contributed by atoms with E-state index in [2.05, 4.69) is 18.1 Å². The molecule has 1 N–H and O–H groups in total. The standard InChI is InChI=1S/C28H31N2O5.C28H30N2O4.2CH4/c1-3-21-18-29(28(32)35-19-20-7-5-4-6-8-20)15-13-22(21)9-12-27(31)24-14-16-30(33)26-11-10-23(34-2)17-25(24)26;1-3-21-18-30(28(32)34-19-20-7-5-4-6-8-20)16-14-22(21)9-12-27(31)24-13-15-29-26-11-10-23(33-2)17-25(24)26;;/h3-8,10-11,14,16-17,21-22,33H,1,9,12-13,15,18-19H2,2H3;3-8,10-11,13,15,17,21-22H,1,9,12,14,16,18-19H2,2H3;2*1H4/q+1;;;/t2*21-,22+;;/m00../s1. The summed E-state index contributed by atoms with van der Waals surface area (Å²) in [5, 5.41) is 11.6. The van der Waals surface area contributed by atoms with Gasteiger partial charge in [0.15, 0.2) is 11.6 Å². The fourth-order valence-electron chi connectivity index (χ4n) is 9.28. The number of Topliss-reactive ketones (excluding diaryl/α,β-unsaturated/α-hetero) is 2. The highest BCUT2D eigenvalue weighted by atomic mass is 16.6. The fraction of sp³-hybridized carbons (Fsp3) is 0.345. The second kappa shape index (κ2) is 26.4. The number of likely N-dealkylation sites (tertiary alicyclic amines) is 2. The number of benzene rings is 4. The number of carbonyl (C=O) groups excluding carboxylic acids is 4. The number of ketones is 2. The van der Waals surface area contributed by atoms with Crippen molar-refractivity contribution in [3.05, 3.63) is 169 Å². The topological polar surface area (TPSA) is 149 Å². The van der Waals surface area contributed by atoms with Crippen LogP contribution in [0.1, 0.15) is 85.2 Å². The van der Waals surface area contributed by atoms with Gasteiger partial charge in [0.25, 0.3) is 5.52 Å². The van der Waals surface area contributed by atoms with Crippen molar-refractivity contribution >= 4 is 45.6 Å². The average molecular weight is 966 g/mol. The van der Waals surface area contributed by atoms with E-state index in [0.29, 0.717) is 84.9 Å². The lowest BCUT2D eigenvalue weighted by molar-refractivity contribution is -0.884. The van der Waals surface area contributed by atoms with Crippen LogP contribution < -0.4 is 14.2 Å². The van der Waals surface area contributed by atoms with E-state index in [1.807, 2.05) is 91.0 Å². The second-order valence-corrected chi connectivity index (χ2v) is 17.5. The first kappa shape index (κ1) is 54.4. The van der Waals surface area contributed by atoms with Crippen LogP contribution in [0.2, 0.25) is 0 Å². The number of hydrogen-bond acceptors (Lipinski definition) is 10. The Morgan fingerprint density at radius 3 is 1.63 bits per heavy atom. The molecule has 0 radical (unpaired) electrons. The van der Waals surface area contributed by atoms with Gasteiger partial charge in [-0.25, -0.2) is 9.59 Å². The molecule has 2 aliphatic heterocycles. The van der Waals surface area contributed by atoms with Gasteiger partial charge in [-0.15, -0.1) is 13.2 Å². The highest BCUT2D eigenvalue weighted by molar-refractivity contribution is 6.08. The van der Waals surface area contributed by atoms with E-state index in [1.165, 1.54) is 6.20 Å². The summed E-state index contributed by atoms with van der Waals surface area (Å²) in [6.07, 6.45) is 10.2. The summed E-state index contributed by atoms with van der Waals surface area (Å²) in [6.45, 7) is 10.8. The minimum atomic E-state index is -0.322. The first-order valence-corrected chi connectivity index (χ1v) is 23.5. The van der Waals surface area contributed by atoms with Crippen molar-refractivity contribution in [3.63, 3.8) is 0 Å². The molecule has 374 valence electrons. The third-order valence-electron chi connectivity index (χ3n) is 13.3. The zero-order chi connectivity index (χ0) is 48.7. The Kier molecular flexibility index (Phi) is 20.3. The van der Waals surface area contributed by atoms with Gasteiger partial charge in [-0.2, -0.15) is 0 Å². The molecule has 4 aromatic carbocycles. The molecule has 2 aromatic heterocycles. The minimum absolute atomic E-state index is 0. The average Bonchev–Trinajstić information content (AvgIpc) is 3.40. The van der Waals surface area contributed by atoms with Crippen LogP contribution in [0.3, 0.4) is 0 Å². The second-order valence-electron chi connectivity index (χ2n) is 17.5. The largest absolute Gasteiger partial charge is 0.497 e. The number of aromatic nitrogens is 2. The number of methoxy groups -OCH3 is 2. The van der Waals surface area contributed by atoms with Crippen LogP contribution in [-0.2, 0) is 22.7 Å². The molecule has 0 bridgehead atoms. The zero-order valence-electron chi connectivity index (χ0n) is 39.4. The number of rotatable bonds is 16. The van der Waals surface area contributed by atoms with Gasteiger partial charge in [0.2, 0.25) is 6.20 Å². The van der Waals surface area contributed by atoms with Crippen molar-refractivity contribution < 1.29 is 48.1 Å². The molecular weight excluding hydrogens is 897 g/mol. The Balaban J connectivity index is 0.000000257. The zero-order valence-corrected chi connectivity index (χ0v) is 39.4. The van der Waals surface area contributed by atoms with Crippen LogP contribution >= 0.6 is 0 Å². The van der Waals surface area contributed by atoms with Gasteiger partial charge >= 0.3 is 12.2 Å². The smallest absolute Gasteiger partial charge is 0.410 e. The highest BCUT2D eigenvalue weighted by Gasteiger charge is 2.33. The molecule has 4 heterocycles. The van der Waals surface area contributed by atoms with E-state index >= 15 is 0 Å². The summed E-state index contributed by atoms with van der Waals surface area (Å²) in [7, 11) is 3.18. The molecule has 71 heavy (non-hydrogen) atoms. The van der Waals surface area contributed by atoms with E-state index < -0.39 is 0 Å². The molecule has 0 saturated carbocycles. The van der Waals surface area contributed by atoms with Crippen molar-refractivity contribution in [2.75, 3.05) is 40.4 Å². The third-order valence-corrected chi connectivity index (χ3v) is 13.3. The fourth-order valence-corrected chi connectivity index (χ4v) is 9.28. The normalized spacial score (nSPS) is 17.3. The molecule has 0 aliphatic carbocycles. The SMILES string of the molecule is C.C.C=C[C@H]1CN(C(=O)OCc2ccccc2)CC[C@H]1CCC(=O)c1cc[n+](O)c2ccc(OC)cc12.C=C[C@H]1CN(C(=O)OCc2ccccc2)CC[C@H]1CCC(=O)c1ccnc2ccc(OC)cc12. The lowest BCUT2D eigenvalue weighted by Gasteiger charge is -2.36. The van der Waals surface area contributed by atoms with Crippen LogP contribution in [0.25, 0.3) is 21.8 Å². The maximum atomic E-state index is 13.2. The maximum Gasteiger partial charge on any atom is 0.410 e. The highest BCUT2D eigenvalue weighted by Crippen LogP contribution is 2.33. The minimum Gasteiger partial charge on any atom is -0.497 e. The van der Waals surface area contributed by atoms with E-state index in [9.17, 15) is 24.4 Å². The Morgan fingerprint density at radius 2 is 1.14 bits per heavy atom. The number of hydrogen-bond donors (Lipinski definition) is 1. The molecule has 2 aliphatic rings. The van der Waals surface area contributed by atoms with Gasteiger partial charge in [0.05, 0.1) is 25.1 Å². The first-order chi connectivity index (χ1) is 33.6. The molecule has 13 heteroatoms. The lowest BCUT2D eigenvalue weighted by atomic mass is 9.81. The molecule has 13 nitrogen and oxygen atoms in total. The van der Waals surface area contributed by atoms with Crippen LogP contribution in [-0.4, -0.2) is 84.1 Å². The van der Waals surface area contributed by atoms with Crippen LogP contribution in [0.15, 0.2) is 147 Å². The molecule has 2 fully saturated rings. The van der Waals surface area contributed by atoms with Crippen molar-refractivity contribution in [1.82, 2.24) is 14.8 Å². The number of fused-ring (bicyclic) bond motifs is 2. The van der Waals surface area contributed by atoms with Crippen molar-refractivity contribution in [3.8, 4) is 11.5 Å². The summed E-state index contributed by atoms with van der Waals surface area (Å²) in [4.78, 5) is 59.2. The van der Waals surface area contributed by atoms with Gasteiger partial charge in [0, 0.05) is 78.6 Å². The Hall–Kier alpha value is -7.54. The molecule has 2 amide bonds. The molecule has 2 saturated heterocycles. The number of ether oxygens (including phenoxy) is 4. The molecule has 0 unspecified atom stereocenters. The van der Waals surface area contributed by atoms with Gasteiger partial charge in [0.1, 0.15) is 24.7 Å². The van der Waals surface area contributed by atoms with E-state index in [0.717, 1.165) is 46.0 Å². The van der Waals surface area contributed by atoms with Gasteiger partial charge in [-0.3, -0.25) is 19.8 Å². The molecule has 6 aromatic rings. The predicted molar refractivity (Wildman–Crippen MR) is 277 cm³/mol. The third kappa shape index (κ3) is 14.1. The predicted octanol–water partition coefficient (Wildman–Crippen LogP) is 11.7. The van der Waals surface area contributed by atoms with Gasteiger partial charge in [-0.1, -0.05) is 87.7 Å². The summed E-state index contributed by atoms with van der Waals surface area (Å²) in [5.41, 5.74) is 4.46. The molecule has 4 atom stereocenters. The quantitative estimate of drug-likeness (QED) is 0.0430. The number of nitrogens with zero attached hydrogens (tertiary/aromatic N) is 4. The number of piperidine rings is 2. The van der Waals surface area contributed by atoms with Crippen LogP contribution in [0.4, 0.5) is 9.59 Å². The monoisotopic (exact) mass is 966 g/mol. The summed E-state index contributed by atoms with van der Waals surface area (Å²) >= 11 is 0. The van der Waals surface area contributed by atoms with Gasteiger partial charge in [-0.05, 0) is 96.9 Å². The summed E-state index contributed by atoms with van der Waals surface area (Å²) < 4.78 is 22.6. The van der Waals surface area contributed by atoms with Gasteiger partial charge < -0.3 is 28.7 Å². The Morgan fingerprint density at radius 1 is 0.662 bits per heavy atom. The van der Waals surface area contributed by atoms with Crippen molar-refractivity contribution in [1.29, 1.82) is 0 Å². The van der Waals surface area contributed by atoms with Crippen molar-refractivity contribution in [2.24, 2.45) is 23.7 Å². The van der Waals surface area contributed by atoms with Crippen LogP contribution in [0, 0.1) is 23.7 Å². The molecular formula is C58H69N4O9+. The van der Waals surface area contributed by atoms with E-state index in [4.69, 9.17) is 18.9 Å². The maximum absolute atomic E-state index is 13.2. The van der Waals surface area contributed by atoms with E-state index in [-0.39, 0.29) is 69.6 Å². The summed E-state index contributed by atoms with van der Waals surface area (Å²) in [5.74, 6) is 2.19.